The van der Waals surface area contributed by atoms with E-state index in [1.165, 1.54) is 12.1 Å². The van der Waals surface area contributed by atoms with E-state index in [1.54, 1.807) is 12.1 Å². The number of hydrogen-bond donors (Lipinski definition) is 1. The molecule has 4 rings (SSSR count). The lowest BCUT2D eigenvalue weighted by atomic mass is 9.94. The first-order chi connectivity index (χ1) is 14.0. The Hall–Kier alpha value is -3.02. The molecule has 6 heteroatoms. The highest BCUT2D eigenvalue weighted by molar-refractivity contribution is 5.94. The Labute approximate surface area is 169 Å². The lowest BCUT2D eigenvalue weighted by Gasteiger charge is -2.31. The van der Waals surface area contributed by atoms with E-state index in [1.807, 2.05) is 18.0 Å². The fourth-order valence-electron chi connectivity index (χ4n) is 4.11. The van der Waals surface area contributed by atoms with E-state index in [2.05, 4.69) is 16.4 Å². The molecule has 29 heavy (non-hydrogen) atoms. The molecule has 150 valence electrons. The molecule has 1 aliphatic heterocycles. The Bertz CT molecular complexity index is 1000. The SMILES string of the molecule is Cc1ncc2c(c1CNC(=O)c1ccccc1F)CCN(C(=O)C1=CCCC1)C2. The van der Waals surface area contributed by atoms with E-state index in [4.69, 9.17) is 0 Å². The standard InChI is InChI=1S/C23H24FN3O2/c1-15-20(13-26-22(28)19-8-4-5-9-21(19)24)18-10-11-27(14-17(18)12-25-15)23(29)16-6-2-3-7-16/h4-6,8-9,12H,2-3,7,10-11,13-14H2,1H3,(H,26,28). The Morgan fingerprint density at radius 1 is 1.24 bits per heavy atom. The van der Waals surface area contributed by atoms with Crippen LogP contribution in [0.4, 0.5) is 4.39 Å². The molecule has 0 radical (unpaired) electrons. The van der Waals surface area contributed by atoms with Crippen LogP contribution in [0.5, 0.6) is 0 Å². The Balaban J connectivity index is 1.50. The second kappa shape index (κ2) is 8.15. The molecule has 1 aromatic carbocycles. The van der Waals surface area contributed by atoms with Gasteiger partial charge in [0.1, 0.15) is 5.82 Å². The van der Waals surface area contributed by atoms with Gasteiger partial charge in [0.15, 0.2) is 0 Å². The molecule has 0 saturated heterocycles. The maximum atomic E-state index is 13.9. The van der Waals surface area contributed by atoms with Crippen LogP contribution in [0.15, 0.2) is 42.1 Å². The fraction of sp³-hybridized carbons (Fsp3) is 0.348. The van der Waals surface area contributed by atoms with Crippen molar-refractivity contribution in [1.82, 2.24) is 15.2 Å². The van der Waals surface area contributed by atoms with Crippen molar-refractivity contribution in [2.45, 2.75) is 45.7 Å². The summed E-state index contributed by atoms with van der Waals surface area (Å²) in [6, 6.07) is 5.94. The van der Waals surface area contributed by atoms with Crippen molar-refractivity contribution in [3.63, 3.8) is 0 Å². The number of amides is 2. The summed E-state index contributed by atoms with van der Waals surface area (Å²) in [5, 5.41) is 2.82. The minimum absolute atomic E-state index is 0.0320. The number of pyridine rings is 1. The van der Waals surface area contributed by atoms with Crippen LogP contribution in [0.25, 0.3) is 0 Å². The average Bonchev–Trinajstić information content (AvgIpc) is 3.27. The smallest absolute Gasteiger partial charge is 0.254 e. The highest BCUT2D eigenvalue weighted by Gasteiger charge is 2.26. The number of aromatic nitrogens is 1. The van der Waals surface area contributed by atoms with Gasteiger partial charge in [0.2, 0.25) is 5.91 Å². The number of nitrogens with one attached hydrogen (secondary N) is 1. The number of halogens is 1. The molecule has 2 amide bonds. The first-order valence-electron chi connectivity index (χ1n) is 10.0. The number of rotatable bonds is 4. The first kappa shape index (κ1) is 19.3. The van der Waals surface area contributed by atoms with Gasteiger partial charge in [-0.1, -0.05) is 18.2 Å². The fourth-order valence-corrected chi connectivity index (χ4v) is 4.11. The average molecular weight is 393 g/mol. The highest BCUT2D eigenvalue weighted by Crippen LogP contribution is 2.27. The normalized spacial score (nSPS) is 15.7. The molecule has 1 aliphatic carbocycles. The van der Waals surface area contributed by atoms with Gasteiger partial charge >= 0.3 is 0 Å². The van der Waals surface area contributed by atoms with Crippen LogP contribution in [0, 0.1) is 12.7 Å². The summed E-state index contributed by atoms with van der Waals surface area (Å²) in [6.07, 6.45) is 7.50. The second-order valence-corrected chi connectivity index (χ2v) is 7.59. The lowest BCUT2D eigenvalue weighted by Crippen LogP contribution is -2.37. The predicted octanol–water partition coefficient (Wildman–Crippen LogP) is 3.45. The summed E-state index contributed by atoms with van der Waals surface area (Å²) in [5.41, 5.74) is 4.91. The van der Waals surface area contributed by atoms with Crippen molar-refractivity contribution in [1.29, 1.82) is 0 Å². The minimum Gasteiger partial charge on any atom is -0.348 e. The van der Waals surface area contributed by atoms with Crippen LogP contribution >= 0.6 is 0 Å². The second-order valence-electron chi connectivity index (χ2n) is 7.59. The van der Waals surface area contributed by atoms with Gasteiger partial charge in [0.05, 0.1) is 5.56 Å². The third kappa shape index (κ3) is 3.92. The quantitative estimate of drug-likeness (QED) is 0.865. The van der Waals surface area contributed by atoms with Gasteiger partial charge in [-0.05, 0) is 61.4 Å². The van der Waals surface area contributed by atoms with E-state index in [0.29, 0.717) is 13.1 Å². The third-order valence-corrected chi connectivity index (χ3v) is 5.74. The highest BCUT2D eigenvalue weighted by atomic mass is 19.1. The molecular formula is C23H24FN3O2. The van der Waals surface area contributed by atoms with Crippen molar-refractivity contribution >= 4 is 11.8 Å². The molecule has 1 N–H and O–H groups in total. The van der Waals surface area contributed by atoms with Gasteiger partial charge in [-0.3, -0.25) is 14.6 Å². The number of aryl methyl sites for hydroxylation is 1. The predicted molar refractivity (Wildman–Crippen MR) is 108 cm³/mol. The zero-order valence-electron chi connectivity index (χ0n) is 16.5. The largest absolute Gasteiger partial charge is 0.348 e. The zero-order chi connectivity index (χ0) is 20.4. The van der Waals surface area contributed by atoms with E-state index >= 15 is 0 Å². The van der Waals surface area contributed by atoms with Crippen LogP contribution in [-0.2, 0) is 24.3 Å². The molecule has 0 atom stereocenters. The maximum absolute atomic E-state index is 13.9. The summed E-state index contributed by atoms with van der Waals surface area (Å²) in [6.45, 7) is 3.38. The zero-order valence-corrected chi connectivity index (χ0v) is 16.5. The van der Waals surface area contributed by atoms with Crippen LogP contribution in [0.1, 0.15) is 52.0 Å². The number of fused-ring (bicyclic) bond motifs is 1. The van der Waals surface area contributed by atoms with Gasteiger partial charge < -0.3 is 10.2 Å². The molecule has 2 aromatic rings. The number of nitrogens with zero attached hydrogens (tertiary/aromatic N) is 2. The summed E-state index contributed by atoms with van der Waals surface area (Å²) in [7, 11) is 0. The third-order valence-electron chi connectivity index (χ3n) is 5.74. The van der Waals surface area contributed by atoms with E-state index in [9.17, 15) is 14.0 Å². The van der Waals surface area contributed by atoms with Crippen molar-refractivity contribution in [2.75, 3.05) is 6.54 Å². The number of hydrogen-bond acceptors (Lipinski definition) is 3. The Kier molecular flexibility index (Phi) is 5.43. The van der Waals surface area contributed by atoms with E-state index in [-0.39, 0.29) is 18.0 Å². The molecule has 1 aromatic heterocycles. The van der Waals surface area contributed by atoms with Gasteiger partial charge in [-0.15, -0.1) is 0 Å². The summed E-state index contributed by atoms with van der Waals surface area (Å²) < 4.78 is 13.9. The van der Waals surface area contributed by atoms with Gasteiger partial charge in [0, 0.05) is 37.1 Å². The number of allylic oxidation sites excluding steroid dienone is 1. The van der Waals surface area contributed by atoms with E-state index in [0.717, 1.165) is 53.6 Å². The molecule has 2 heterocycles. The monoisotopic (exact) mass is 393 g/mol. The minimum atomic E-state index is -0.537. The molecule has 0 saturated carbocycles. The lowest BCUT2D eigenvalue weighted by molar-refractivity contribution is -0.128. The van der Waals surface area contributed by atoms with Gasteiger partial charge in [0.25, 0.3) is 5.91 Å². The van der Waals surface area contributed by atoms with Crippen LogP contribution in [0.2, 0.25) is 0 Å². The maximum Gasteiger partial charge on any atom is 0.254 e. The van der Waals surface area contributed by atoms with Crippen LogP contribution in [0.3, 0.4) is 0 Å². The summed E-state index contributed by atoms with van der Waals surface area (Å²) in [4.78, 5) is 31.4. The van der Waals surface area contributed by atoms with Crippen molar-refractivity contribution in [2.24, 2.45) is 0 Å². The summed E-state index contributed by atoms with van der Waals surface area (Å²) in [5.74, 6) is -0.852. The van der Waals surface area contributed by atoms with Crippen molar-refractivity contribution in [3.05, 3.63) is 75.9 Å². The molecule has 0 spiro atoms. The Morgan fingerprint density at radius 2 is 2.07 bits per heavy atom. The first-order valence-corrected chi connectivity index (χ1v) is 10.0. The number of benzene rings is 1. The number of carbonyl (C=O) groups excluding carboxylic acids is 2. The molecular weight excluding hydrogens is 369 g/mol. The molecule has 2 aliphatic rings. The van der Waals surface area contributed by atoms with Gasteiger partial charge in [-0.25, -0.2) is 4.39 Å². The molecule has 0 fully saturated rings. The molecule has 0 unspecified atom stereocenters. The molecule has 5 nitrogen and oxygen atoms in total. The van der Waals surface area contributed by atoms with Crippen molar-refractivity contribution < 1.29 is 14.0 Å². The van der Waals surface area contributed by atoms with Gasteiger partial charge in [-0.2, -0.15) is 0 Å². The summed E-state index contributed by atoms with van der Waals surface area (Å²) >= 11 is 0. The van der Waals surface area contributed by atoms with Crippen LogP contribution < -0.4 is 5.32 Å². The topological polar surface area (TPSA) is 62.3 Å². The van der Waals surface area contributed by atoms with Crippen LogP contribution in [-0.4, -0.2) is 28.2 Å². The number of carbonyl (C=O) groups is 2. The molecule has 0 bridgehead atoms. The van der Waals surface area contributed by atoms with Crippen molar-refractivity contribution in [3.8, 4) is 0 Å². The van der Waals surface area contributed by atoms with E-state index < -0.39 is 11.7 Å². The Morgan fingerprint density at radius 3 is 2.83 bits per heavy atom.